The number of benzene rings is 2. The molecule has 2 aromatic rings. The molecule has 0 aromatic heterocycles. The van der Waals surface area contributed by atoms with Crippen molar-refractivity contribution in [2.45, 2.75) is 13.3 Å². The number of carbonyl (C=O) groups is 3. The first kappa shape index (κ1) is 22.5. The summed E-state index contributed by atoms with van der Waals surface area (Å²) in [4.78, 5) is 35.2. The van der Waals surface area contributed by atoms with Gasteiger partial charge in [0.2, 0.25) is 5.91 Å². The Morgan fingerprint density at radius 1 is 0.900 bits per heavy atom. The summed E-state index contributed by atoms with van der Waals surface area (Å²) in [6.45, 7) is 0.980. The maximum atomic E-state index is 12.1. The van der Waals surface area contributed by atoms with Crippen LogP contribution in [-0.2, 0) is 19.1 Å². The molecule has 9 heteroatoms. The molecule has 0 radical (unpaired) electrons. The van der Waals surface area contributed by atoms with Crippen LogP contribution in [0.15, 0.2) is 42.5 Å². The molecule has 0 unspecified atom stereocenters. The summed E-state index contributed by atoms with van der Waals surface area (Å²) >= 11 is 0. The molecule has 0 aliphatic rings. The van der Waals surface area contributed by atoms with Gasteiger partial charge in [0.1, 0.15) is 5.75 Å². The Balaban J connectivity index is 1.81. The Hall–Kier alpha value is -3.75. The Labute approximate surface area is 174 Å². The standard InChI is InChI=1S/C21H24N2O7/c1-14(24)22-15-8-9-17(27-2)16(12-15)23-20(25)13-30-21(26)10-11-29-19-7-5-4-6-18(19)28-3/h4-9,12H,10-11,13H2,1-3H3,(H,22,24)(H,23,25). The summed E-state index contributed by atoms with van der Waals surface area (Å²) in [6, 6.07) is 11.8. The van der Waals surface area contributed by atoms with E-state index in [0.29, 0.717) is 28.6 Å². The third kappa shape index (κ3) is 7.01. The number of hydrogen-bond acceptors (Lipinski definition) is 7. The lowest BCUT2D eigenvalue weighted by atomic mass is 10.2. The van der Waals surface area contributed by atoms with Gasteiger partial charge in [-0.1, -0.05) is 12.1 Å². The van der Waals surface area contributed by atoms with Crippen LogP contribution in [0.1, 0.15) is 13.3 Å². The summed E-state index contributed by atoms with van der Waals surface area (Å²) in [5.74, 6) is 0.0827. The van der Waals surface area contributed by atoms with E-state index in [1.54, 1.807) is 42.5 Å². The van der Waals surface area contributed by atoms with E-state index >= 15 is 0 Å². The molecule has 0 fully saturated rings. The van der Waals surface area contributed by atoms with Crippen LogP contribution < -0.4 is 24.8 Å². The molecule has 30 heavy (non-hydrogen) atoms. The van der Waals surface area contributed by atoms with E-state index in [2.05, 4.69) is 10.6 Å². The molecule has 9 nitrogen and oxygen atoms in total. The minimum Gasteiger partial charge on any atom is -0.495 e. The molecule has 0 bridgehead atoms. The predicted octanol–water partition coefficient (Wildman–Crippen LogP) is 2.61. The number of rotatable bonds is 10. The van der Waals surface area contributed by atoms with Crippen molar-refractivity contribution >= 4 is 29.2 Å². The molecule has 2 amide bonds. The first-order chi connectivity index (χ1) is 14.4. The van der Waals surface area contributed by atoms with Gasteiger partial charge in [-0.15, -0.1) is 0 Å². The van der Waals surface area contributed by atoms with Gasteiger partial charge < -0.3 is 29.6 Å². The predicted molar refractivity (Wildman–Crippen MR) is 110 cm³/mol. The SMILES string of the molecule is COc1ccc(NC(C)=O)cc1NC(=O)COC(=O)CCOc1ccccc1OC. The number of para-hydroxylation sites is 2. The summed E-state index contributed by atoms with van der Waals surface area (Å²) in [7, 11) is 2.97. The van der Waals surface area contributed by atoms with Crippen molar-refractivity contribution in [2.75, 3.05) is 38.1 Å². The van der Waals surface area contributed by atoms with Gasteiger partial charge in [-0.2, -0.15) is 0 Å². The zero-order valence-corrected chi connectivity index (χ0v) is 17.0. The van der Waals surface area contributed by atoms with E-state index in [0.717, 1.165) is 0 Å². The summed E-state index contributed by atoms with van der Waals surface area (Å²) < 4.78 is 20.8. The van der Waals surface area contributed by atoms with Crippen LogP contribution in [0, 0.1) is 0 Å². The van der Waals surface area contributed by atoms with Gasteiger partial charge in [0.25, 0.3) is 5.91 Å². The fourth-order valence-corrected chi connectivity index (χ4v) is 2.47. The number of nitrogens with one attached hydrogen (secondary N) is 2. The highest BCUT2D eigenvalue weighted by Crippen LogP contribution is 2.28. The highest BCUT2D eigenvalue weighted by atomic mass is 16.5. The molecule has 0 saturated carbocycles. The highest BCUT2D eigenvalue weighted by Gasteiger charge is 2.12. The second-order valence-corrected chi connectivity index (χ2v) is 6.05. The highest BCUT2D eigenvalue weighted by molar-refractivity contribution is 5.96. The zero-order chi connectivity index (χ0) is 21.9. The smallest absolute Gasteiger partial charge is 0.309 e. The van der Waals surface area contributed by atoms with E-state index in [9.17, 15) is 14.4 Å². The Morgan fingerprint density at radius 3 is 2.27 bits per heavy atom. The number of amides is 2. The lowest BCUT2D eigenvalue weighted by molar-refractivity contribution is -0.147. The second kappa shape index (κ2) is 11.3. The van der Waals surface area contributed by atoms with E-state index in [4.69, 9.17) is 18.9 Å². The van der Waals surface area contributed by atoms with E-state index in [1.807, 2.05) is 0 Å². The topological polar surface area (TPSA) is 112 Å². The summed E-state index contributed by atoms with van der Waals surface area (Å²) in [6.07, 6.45) is -0.0351. The number of methoxy groups -OCH3 is 2. The van der Waals surface area contributed by atoms with Crippen molar-refractivity contribution in [3.63, 3.8) is 0 Å². The van der Waals surface area contributed by atoms with E-state index < -0.39 is 18.5 Å². The molecule has 0 aliphatic heterocycles. The molecule has 0 atom stereocenters. The molecule has 160 valence electrons. The number of hydrogen-bond donors (Lipinski definition) is 2. The number of esters is 1. The van der Waals surface area contributed by atoms with Crippen molar-refractivity contribution < 1.29 is 33.3 Å². The quantitative estimate of drug-likeness (QED) is 0.573. The minimum atomic E-state index is -0.584. The monoisotopic (exact) mass is 416 g/mol. The fourth-order valence-electron chi connectivity index (χ4n) is 2.47. The van der Waals surface area contributed by atoms with Crippen LogP contribution in [0.25, 0.3) is 0 Å². The third-order valence-electron chi connectivity index (χ3n) is 3.79. The zero-order valence-electron chi connectivity index (χ0n) is 17.0. The van der Waals surface area contributed by atoms with Gasteiger partial charge in [0.05, 0.1) is 32.9 Å². The number of ether oxygens (including phenoxy) is 4. The van der Waals surface area contributed by atoms with Gasteiger partial charge in [-0.05, 0) is 30.3 Å². The van der Waals surface area contributed by atoms with Crippen molar-refractivity contribution in [1.29, 1.82) is 0 Å². The summed E-state index contributed by atoms with van der Waals surface area (Å²) in [5.41, 5.74) is 0.827. The summed E-state index contributed by atoms with van der Waals surface area (Å²) in [5, 5.41) is 5.20. The molecular weight excluding hydrogens is 392 g/mol. The van der Waals surface area contributed by atoms with Crippen LogP contribution >= 0.6 is 0 Å². The minimum absolute atomic E-state index is 0.0351. The van der Waals surface area contributed by atoms with Crippen LogP contribution in [0.2, 0.25) is 0 Å². The van der Waals surface area contributed by atoms with Gasteiger partial charge in [-0.3, -0.25) is 14.4 Å². The van der Waals surface area contributed by atoms with Crippen molar-refractivity contribution in [2.24, 2.45) is 0 Å². The van der Waals surface area contributed by atoms with E-state index in [1.165, 1.54) is 21.1 Å². The molecule has 2 rings (SSSR count). The largest absolute Gasteiger partial charge is 0.495 e. The fraction of sp³-hybridized carbons (Fsp3) is 0.286. The average molecular weight is 416 g/mol. The van der Waals surface area contributed by atoms with Crippen LogP contribution in [0.3, 0.4) is 0 Å². The maximum absolute atomic E-state index is 12.1. The maximum Gasteiger partial charge on any atom is 0.309 e. The van der Waals surface area contributed by atoms with Crippen LogP contribution in [0.4, 0.5) is 11.4 Å². The average Bonchev–Trinajstić information content (AvgIpc) is 2.72. The molecule has 0 saturated heterocycles. The normalized spacial score (nSPS) is 9.97. The van der Waals surface area contributed by atoms with E-state index in [-0.39, 0.29) is 18.9 Å². The van der Waals surface area contributed by atoms with Gasteiger partial charge >= 0.3 is 5.97 Å². The number of anilines is 2. The second-order valence-electron chi connectivity index (χ2n) is 6.05. The van der Waals surface area contributed by atoms with Crippen LogP contribution in [-0.4, -0.2) is 45.2 Å². The first-order valence-corrected chi connectivity index (χ1v) is 9.10. The van der Waals surface area contributed by atoms with Gasteiger partial charge in [-0.25, -0.2) is 0 Å². The molecule has 2 N–H and O–H groups in total. The lowest BCUT2D eigenvalue weighted by Crippen LogP contribution is -2.22. The van der Waals surface area contributed by atoms with Gasteiger partial charge in [0, 0.05) is 12.6 Å². The van der Waals surface area contributed by atoms with Gasteiger partial charge in [0.15, 0.2) is 18.1 Å². The lowest BCUT2D eigenvalue weighted by Gasteiger charge is -2.13. The Morgan fingerprint density at radius 2 is 1.60 bits per heavy atom. The third-order valence-corrected chi connectivity index (χ3v) is 3.79. The molecule has 0 heterocycles. The number of carbonyl (C=O) groups excluding carboxylic acids is 3. The van der Waals surface area contributed by atoms with Crippen molar-refractivity contribution in [1.82, 2.24) is 0 Å². The van der Waals surface area contributed by atoms with Crippen LogP contribution in [0.5, 0.6) is 17.2 Å². The molecule has 0 spiro atoms. The van der Waals surface area contributed by atoms with Crippen molar-refractivity contribution in [3.05, 3.63) is 42.5 Å². The Kier molecular flexibility index (Phi) is 8.49. The first-order valence-electron chi connectivity index (χ1n) is 9.10. The molecule has 0 aliphatic carbocycles. The Bertz CT molecular complexity index is 899. The molecule has 2 aromatic carbocycles. The van der Waals surface area contributed by atoms with Crippen molar-refractivity contribution in [3.8, 4) is 17.2 Å². The molecular formula is C21H24N2O7.